The van der Waals surface area contributed by atoms with Crippen molar-refractivity contribution in [2.75, 3.05) is 13.6 Å². The fourth-order valence-electron chi connectivity index (χ4n) is 1.22. The molecule has 0 aromatic rings. The lowest BCUT2D eigenvalue weighted by Crippen LogP contribution is -2.32. The van der Waals surface area contributed by atoms with Gasteiger partial charge in [-0.3, -0.25) is 0 Å². The maximum Gasteiger partial charge on any atom is 0.0836 e. The van der Waals surface area contributed by atoms with E-state index in [0.29, 0.717) is 5.57 Å². The van der Waals surface area contributed by atoms with Gasteiger partial charge in [-0.2, -0.15) is 0 Å². The molecule has 15 heavy (non-hydrogen) atoms. The van der Waals surface area contributed by atoms with Gasteiger partial charge in [0.05, 0.1) is 15.3 Å². The molecule has 0 spiro atoms. The molecular weight excluding hydrogens is 188 g/mol. The molecule has 0 atom stereocenters. The maximum atomic E-state index is 7.60. The predicted molar refractivity (Wildman–Crippen MR) is 65.2 cm³/mol. The molecule has 0 unspecified atom stereocenters. The van der Waals surface area contributed by atoms with Crippen LogP contribution in [0.2, 0.25) is 0 Å². The molecule has 0 saturated heterocycles. The molecule has 2 nitrogen and oxygen atoms in total. The lowest BCUT2D eigenvalue weighted by molar-refractivity contribution is 0.0110. The average Bonchev–Trinajstić information content (AvgIpc) is 2.23. The molecule has 0 aromatic heterocycles. The van der Waals surface area contributed by atoms with Gasteiger partial charge in [-0.1, -0.05) is 0 Å². The van der Waals surface area contributed by atoms with Crippen LogP contribution in [-0.4, -0.2) is 24.8 Å². The third-order valence-electron chi connectivity index (χ3n) is 3.04. The van der Waals surface area contributed by atoms with Crippen molar-refractivity contribution in [1.29, 1.82) is 0 Å². The smallest absolute Gasteiger partial charge is 0.0836 e. The molecule has 2 heteroatoms. The highest BCUT2D eigenvalue weighted by Gasteiger charge is 2.28. The molecule has 0 rings (SSSR count). The van der Waals surface area contributed by atoms with E-state index in [1.165, 1.54) is 0 Å². The Labute approximate surface area is 103 Å². The van der Waals surface area contributed by atoms with Crippen molar-refractivity contribution >= 4 is 0 Å². The van der Waals surface area contributed by atoms with E-state index in [9.17, 15) is 0 Å². The van der Waals surface area contributed by atoms with Gasteiger partial charge in [0, 0.05) is 17.8 Å². The summed E-state index contributed by atoms with van der Waals surface area (Å²) in [6.07, 6.45) is 0. The van der Waals surface area contributed by atoms with Crippen LogP contribution >= 0.6 is 0 Å². The standard InChI is InChI=1S/C13H26O2/c1-9-15-13(6,7)11(3)10(2)12(4,5)14-8/h9H2,1-8H3/b11-10-/i1D3,8D,9D2. The molecule has 0 radical (unpaired) electrons. The summed E-state index contributed by atoms with van der Waals surface area (Å²) >= 11 is 0. The van der Waals surface area contributed by atoms with Gasteiger partial charge in [-0.25, -0.2) is 0 Å². The maximum absolute atomic E-state index is 7.60. The zero-order valence-corrected chi connectivity index (χ0v) is 10.5. The molecular formula is C13H26O2. The van der Waals surface area contributed by atoms with Crippen LogP contribution < -0.4 is 0 Å². The minimum absolute atomic E-state index is 0.199. The van der Waals surface area contributed by atoms with Crippen molar-refractivity contribution in [3.8, 4) is 0 Å². The zero-order chi connectivity index (χ0) is 17.3. The first-order chi connectivity index (χ1) is 9.08. The minimum Gasteiger partial charge on any atom is -0.374 e. The lowest BCUT2D eigenvalue weighted by atomic mass is 9.87. The second-order valence-electron chi connectivity index (χ2n) is 4.62. The Bertz CT molecular complexity index is 396. The molecule has 0 aromatic carbocycles. The van der Waals surface area contributed by atoms with Crippen molar-refractivity contribution in [1.82, 2.24) is 0 Å². The van der Waals surface area contributed by atoms with Gasteiger partial charge in [-0.15, -0.1) is 0 Å². The number of rotatable bonds is 5. The molecule has 0 bridgehead atoms. The van der Waals surface area contributed by atoms with Crippen LogP contribution in [0, 0.1) is 0 Å². The highest BCUT2D eigenvalue weighted by atomic mass is 16.5. The SMILES string of the molecule is [2H]COC(C)(C)/C(C)=C(/C)C(C)(C)OC([2H])([2H])C([2H])([2H])[2H]. The minimum atomic E-state index is -2.87. The molecule has 0 N–H and O–H groups in total. The molecule has 0 amide bonds. The number of hydrogen-bond donors (Lipinski definition) is 0. The monoisotopic (exact) mass is 220 g/mol. The summed E-state index contributed by atoms with van der Waals surface area (Å²) in [5, 5.41) is 0. The fraction of sp³-hybridized carbons (Fsp3) is 0.846. The van der Waals surface area contributed by atoms with Crippen LogP contribution in [-0.2, 0) is 9.47 Å². The zero-order valence-electron chi connectivity index (χ0n) is 16.5. The largest absolute Gasteiger partial charge is 0.374 e. The van der Waals surface area contributed by atoms with E-state index in [1.54, 1.807) is 41.5 Å². The molecule has 0 aliphatic rings. The molecule has 0 aliphatic heterocycles. The summed E-state index contributed by atoms with van der Waals surface area (Å²) in [5.74, 6) is 0. The van der Waals surface area contributed by atoms with Crippen LogP contribution in [0.3, 0.4) is 0 Å². The van der Waals surface area contributed by atoms with E-state index >= 15 is 0 Å². The Kier molecular flexibility index (Phi) is 2.42. The van der Waals surface area contributed by atoms with Gasteiger partial charge < -0.3 is 9.47 Å². The first-order valence-corrected chi connectivity index (χ1v) is 4.90. The highest BCUT2D eigenvalue weighted by molar-refractivity contribution is 5.25. The Morgan fingerprint density at radius 3 is 2.13 bits per heavy atom. The average molecular weight is 220 g/mol. The van der Waals surface area contributed by atoms with Crippen LogP contribution in [0.25, 0.3) is 0 Å². The molecule has 0 heterocycles. The number of ether oxygens (including phenoxy) is 2. The fourth-order valence-corrected chi connectivity index (χ4v) is 1.22. The summed E-state index contributed by atoms with van der Waals surface area (Å²) in [6, 6.07) is 0. The second kappa shape index (κ2) is 5.13. The van der Waals surface area contributed by atoms with Gasteiger partial charge in [0.25, 0.3) is 0 Å². The summed E-state index contributed by atoms with van der Waals surface area (Å²) in [7, 11) is -0.199. The van der Waals surface area contributed by atoms with Crippen molar-refractivity contribution in [2.24, 2.45) is 0 Å². The normalized spacial score (nSPS) is 22.8. The topological polar surface area (TPSA) is 18.5 Å². The van der Waals surface area contributed by atoms with Crippen molar-refractivity contribution in [2.45, 2.75) is 59.6 Å². The highest BCUT2D eigenvalue weighted by Crippen LogP contribution is 2.30. The first kappa shape index (κ1) is 7.08. The summed E-state index contributed by atoms with van der Waals surface area (Å²) in [6.45, 7) is 4.77. The van der Waals surface area contributed by atoms with E-state index in [1.807, 2.05) is 0 Å². The van der Waals surface area contributed by atoms with Crippen LogP contribution in [0.5, 0.6) is 0 Å². The van der Waals surface area contributed by atoms with E-state index < -0.39 is 24.6 Å². The second-order valence-corrected chi connectivity index (χ2v) is 4.62. The number of methoxy groups -OCH3 is 1. The summed E-state index contributed by atoms with van der Waals surface area (Å²) < 4.78 is 54.6. The van der Waals surface area contributed by atoms with E-state index in [-0.39, 0.29) is 7.09 Å². The Morgan fingerprint density at radius 2 is 1.67 bits per heavy atom. The van der Waals surface area contributed by atoms with Crippen molar-refractivity contribution < 1.29 is 17.7 Å². The third-order valence-corrected chi connectivity index (χ3v) is 3.04. The predicted octanol–water partition coefficient (Wildman–Crippen LogP) is 3.56. The van der Waals surface area contributed by atoms with Crippen molar-refractivity contribution in [3.63, 3.8) is 0 Å². The Morgan fingerprint density at radius 1 is 1.13 bits per heavy atom. The van der Waals surface area contributed by atoms with E-state index in [4.69, 9.17) is 17.7 Å². The van der Waals surface area contributed by atoms with Crippen LogP contribution in [0.4, 0.5) is 0 Å². The first-order valence-electron chi connectivity index (χ1n) is 8.11. The lowest BCUT2D eigenvalue weighted by Gasteiger charge is -2.33. The van der Waals surface area contributed by atoms with E-state index in [2.05, 4.69) is 0 Å². The Hall–Kier alpha value is -0.340. The Balaban J connectivity index is 5.52. The van der Waals surface area contributed by atoms with Gasteiger partial charge >= 0.3 is 0 Å². The molecule has 0 aliphatic carbocycles. The van der Waals surface area contributed by atoms with Crippen molar-refractivity contribution in [3.05, 3.63) is 11.1 Å². The van der Waals surface area contributed by atoms with Crippen LogP contribution in [0.1, 0.15) is 56.6 Å². The summed E-state index contributed by atoms with van der Waals surface area (Å²) in [5.41, 5.74) is -0.376. The molecule has 90 valence electrons. The number of hydrogen-bond acceptors (Lipinski definition) is 2. The van der Waals surface area contributed by atoms with Gasteiger partial charge in [0.15, 0.2) is 0 Å². The van der Waals surface area contributed by atoms with E-state index in [0.717, 1.165) is 5.57 Å². The molecule has 0 saturated carbocycles. The van der Waals surface area contributed by atoms with Gasteiger partial charge in [-0.05, 0) is 59.5 Å². The third kappa shape index (κ3) is 3.62. The summed E-state index contributed by atoms with van der Waals surface area (Å²) in [4.78, 5) is 0. The van der Waals surface area contributed by atoms with Gasteiger partial charge in [0.1, 0.15) is 0 Å². The van der Waals surface area contributed by atoms with Gasteiger partial charge in [0.2, 0.25) is 0 Å². The van der Waals surface area contributed by atoms with Crippen LogP contribution in [0.15, 0.2) is 11.1 Å². The molecule has 0 fully saturated rings. The quantitative estimate of drug-likeness (QED) is 0.660.